The normalized spacial score (nSPS) is 10.7. The van der Waals surface area contributed by atoms with E-state index in [-0.39, 0.29) is 5.91 Å². The fourth-order valence-electron chi connectivity index (χ4n) is 2.32. The molecule has 0 unspecified atom stereocenters. The van der Waals surface area contributed by atoms with E-state index in [1.807, 2.05) is 49.4 Å². The van der Waals surface area contributed by atoms with Gasteiger partial charge in [0.1, 0.15) is 5.75 Å². The highest BCUT2D eigenvalue weighted by atomic mass is 32.2. The lowest BCUT2D eigenvalue weighted by Gasteiger charge is -2.06. The van der Waals surface area contributed by atoms with Crippen molar-refractivity contribution >= 4 is 46.5 Å². The maximum atomic E-state index is 12.2. The third kappa shape index (κ3) is 5.98. The molecule has 0 spiro atoms. The number of carbonyl (C=O) groups is 1. The highest BCUT2D eigenvalue weighted by molar-refractivity contribution is 8.03. The third-order valence-electron chi connectivity index (χ3n) is 4.03. The van der Waals surface area contributed by atoms with E-state index in [1.165, 1.54) is 34.2 Å². The van der Waals surface area contributed by atoms with E-state index in [0.717, 1.165) is 31.4 Å². The number of benzene rings is 2. The summed E-state index contributed by atoms with van der Waals surface area (Å²) >= 11 is 4.55. The molecule has 3 rings (SSSR count). The number of aryl methyl sites for hydroxylation is 2. The first-order chi connectivity index (χ1) is 13.5. The minimum absolute atomic E-state index is 0.0455. The molecule has 5 nitrogen and oxygen atoms in total. The number of aromatic nitrogens is 2. The second kappa shape index (κ2) is 9.95. The van der Waals surface area contributed by atoms with Gasteiger partial charge in [0.25, 0.3) is 0 Å². The molecule has 0 bridgehead atoms. The zero-order valence-electron chi connectivity index (χ0n) is 15.9. The van der Waals surface area contributed by atoms with Gasteiger partial charge in [0.2, 0.25) is 5.91 Å². The van der Waals surface area contributed by atoms with Crippen LogP contribution in [0, 0.1) is 13.8 Å². The number of amides is 1. The molecule has 0 aliphatic heterocycles. The molecule has 1 aromatic heterocycles. The summed E-state index contributed by atoms with van der Waals surface area (Å²) in [6, 6.07) is 13.9. The number of hydrogen-bond donors (Lipinski definition) is 1. The van der Waals surface area contributed by atoms with Crippen LogP contribution in [0.1, 0.15) is 16.7 Å². The van der Waals surface area contributed by atoms with Crippen LogP contribution in [0.4, 0.5) is 5.69 Å². The molecule has 0 atom stereocenters. The number of hydrogen-bond acceptors (Lipinski definition) is 7. The van der Waals surface area contributed by atoms with Crippen molar-refractivity contribution in [2.75, 3.05) is 18.2 Å². The van der Waals surface area contributed by atoms with Crippen LogP contribution in [0.25, 0.3) is 0 Å². The zero-order valence-corrected chi connectivity index (χ0v) is 18.3. The molecule has 2 aromatic carbocycles. The Morgan fingerprint density at radius 3 is 2.43 bits per heavy atom. The molecule has 1 amide bonds. The van der Waals surface area contributed by atoms with Crippen molar-refractivity contribution in [3.63, 3.8) is 0 Å². The number of ether oxygens (including phenoxy) is 1. The molecule has 0 radical (unpaired) electrons. The summed E-state index contributed by atoms with van der Waals surface area (Å²) in [4.78, 5) is 12.2. The first kappa shape index (κ1) is 20.7. The van der Waals surface area contributed by atoms with Gasteiger partial charge in [-0.3, -0.25) is 4.79 Å². The van der Waals surface area contributed by atoms with Crippen molar-refractivity contribution in [2.45, 2.75) is 28.3 Å². The number of rotatable bonds is 8. The summed E-state index contributed by atoms with van der Waals surface area (Å²) in [6.45, 7) is 4.09. The SMILES string of the molecule is COc1ccc(CSc2nnc(SCC(=O)Nc3ccc(C)c(C)c3)s2)cc1. The first-order valence-electron chi connectivity index (χ1n) is 8.62. The Balaban J connectivity index is 1.45. The molecule has 0 aliphatic rings. The van der Waals surface area contributed by atoms with Gasteiger partial charge in [-0.1, -0.05) is 53.1 Å². The molecule has 146 valence electrons. The number of methoxy groups -OCH3 is 1. The maximum Gasteiger partial charge on any atom is 0.234 e. The molecule has 1 N–H and O–H groups in total. The van der Waals surface area contributed by atoms with Crippen LogP contribution < -0.4 is 10.1 Å². The molecular formula is C20H21N3O2S3. The van der Waals surface area contributed by atoms with Crippen LogP contribution in [-0.4, -0.2) is 29.0 Å². The number of nitrogens with one attached hydrogen (secondary N) is 1. The summed E-state index contributed by atoms with van der Waals surface area (Å²) in [5, 5.41) is 11.3. The predicted molar refractivity (Wildman–Crippen MR) is 118 cm³/mol. The molecule has 0 saturated heterocycles. The van der Waals surface area contributed by atoms with Gasteiger partial charge in [-0.25, -0.2) is 0 Å². The van der Waals surface area contributed by atoms with E-state index in [9.17, 15) is 4.79 Å². The monoisotopic (exact) mass is 431 g/mol. The van der Waals surface area contributed by atoms with Crippen molar-refractivity contribution in [1.29, 1.82) is 0 Å². The molecular weight excluding hydrogens is 410 g/mol. The van der Waals surface area contributed by atoms with Crippen molar-refractivity contribution in [3.8, 4) is 5.75 Å². The lowest BCUT2D eigenvalue weighted by atomic mass is 10.1. The predicted octanol–water partition coefficient (Wildman–Crippen LogP) is 5.19. The minimum atomic E-state index is -0.0455. The highest BCUT2D eigenvalue weighted by Gasteiger charge is 2.10. The summed E-state index contributed by atoms with van der Waals surface area (Å²) in [6.07, 6.45) is 0. The average Bonchev–Trinajstić information content (AvgIpc) is 3.16. The van der Waals surface area contributed by atoms with Crippen molar-refractivity contribution < 1.29 is 9.53 Å². The number of thioether (sulfide) groups is 2. The summed E-state index contributed by atoms with van der Waals surface area (Å²) in [5.74, 6) is 1.93. The topological polar surface area (TPSA) is 64.1 Å². The Bertz CT molecular complexity index is 942. The third-order valence-corrected chi connectivity index (χ3v) is 7.29. The molecule has 0 fully saturated rings. The quantitative estimate of drug-likeness (QED) is 0.496. The van der Waals surface area contributed by atoms with E-state index in [1.54, 1.807) is 18.9 Å². The smallest absolute Gasteiger partial charge is 0.234 e. The molecule has 0 aliphatic carbocycles. The van der Waals surface area contributed by atoms with Crippen LogP contribution >= 0.6 is 34.9 Å². The van der Waals surface area contributed by atoms with Gasteiger partial charge < -0.3 is 10.1 Å². The van der Waals surface area contributed by atoms with Crippen molar-refractivity contribution in [2.24, 2.45) is 0 Å². The summed E-state index contributed by atoms with van der Waals surface area (Å²) in [5.41, 5.74) is 4.39. The number of carbonyl (C=O) groups excluding carboxylic acids is 1. The second-order valence-corrected chi connectivity index (χ2v) is 9.53. The van der Waals surface area contributed by atoms with Crippen molar-refractivity contribution in [3.05, 3.63) is 59.2 Å². The Morgan fingerprint density at radius 2 is 1.75 bits per heavy atom. The molecule has 28 heavy (non-hydrogen) atoms. The largest absolute Gasteiger partial charge is 0.497 e. The van der Waals surface area contributed by atoms with Crippen LogP contribution in [0.15, 0.2) is 51.1 Å². The van der Waals surface area contributed by atoms with E-state index in [0.29, 0.717) is 5.75 Å². The molecule has 1 heterocycles. The maximum absolute atomic E-state index is 12.2. The molecule has 8 heteroatoms. The highest BCUT2D eigenvalue weighted by Crippen LogP contribution is 2.31. The van der Waals surface area contributed by atoms with Gasteiger partial charge in [-0.05, 0) is 54.8 Å². The minimum Gasteiger partial charge on any atom is -0.497 e. The fourth-order valence-corrected chi connectivity index (χ4v) is 5.10. The van der Waals surface area contributed by atoms with E-state index < -0.39 is 0 Å². The van der Waals surface area contributed by atoms with Gasteiger partial charge in [0, 0.05) is 11.4 Å². The summed E-state index contributed by atoms with van der Waals surface area (Å²) < 4.78 is 6.86. The van der Waals surface area contributed by atoms with Crippen LogP contribution in [0.5, 0.6) is 5.75 Å². The lowest BCUT2D eigenvalue weighted by Crippen LogP contribution is -2.14. The van der Waals surface area contributed by atoms with Crippen LogP contribution in [-0.2, 0) is 10.5 Å². The number of anilines is 1. The van der Waals surface area contributed by atoms with Gasteiger partial charge in [-0.15, -0.1) is 10.2 Å². The Hall–Kier alpha value is -2.03. The van der Waals surface area contributed by atoms with Crippen LogP contribution in [0.3, 0.4) is 0 Å². The zero-order chi connectivity index (χ0) is 19.9. The van der Waals surface area contributed by atoms with Gasteiger partial charge >= 0.3 is 0 Å². The lowest BCUT2D eigenvalue weighted by molar-refractivity contribution is -0.113. The Kier molecular flexibility index (Phi) is 7.36. The standard InChI is InChI=1S/C20H21N3O2S3/c1-13-4-7-16(10-14(13)2)21-18(24)12-27-20-23-22-19(28-20)26-11-15-5-8-17(25-3)9-6-15/h4-10H,11-12H2,1-3H3,(H,21,24). The van der Waals surface area contributed by atoms with E-state index in [4.69, 9.17) is 4.74 Å². The number of nitrogens with zero attached hydrogens (tertiary/aromatic N) is 2. The Morgan fingerprint density at radius 1 is 1.04 bits per heavy atom. The van der Waals surface area contributed by atoms with Crippen LogP contribution in [0.2, 0.25) is 0 Å². The fraction of sp³-hybridized carbons (Fsp3) is 0.250. The van der Waals surface area contributed by atoms with Gasteiger partial charge in [0.05, 0.1) is 12.9 Å². The van der Waals surface area contributed by atoms with Gasteiger partial charge in [-0.2, -0.15) is 0 Å². The Labute approximate surface area is 177 Å². The summed E-state index contributed by atoms with van der Waals surface area (Å²) in [7, 11) is 1.66. The van der Waals surface area contributed by atoms with Crippen molar-refractivity contribution in [1.82, 2.24) is 10.2 Å². The first-order valence-corrected chi connectivity index (χ1v) is 11.4. The van der Waals surface area contributed by atoms with Gasteiger partial charge in [0.15, 0.2) is 8.68 Å². The molecule has 0 saturated carbocycles. The second-order valence-electron chi connectivity index (χ2n) is 6.11. The molecule has 3 aromatic rings. The van der Waals surface area contributed by atoms with E-state index in [2.05, 4.69) is 22.4 Å². The van der Waals surface area contributed by atoms with E-state index >= 15 is 0 Å². The average molecular weight is 432 g/mol.